The molecular formula is C12H15NO2. The number of ether oxygens (including phenoxy) is 1. The molecule has 0 radical (unpaired) electrons. The van der Waals surface area contributed by atoms with Crippen LogP contribution in [0.1, 0.15) is 12.0 Å². The largest absolute Gasteiger partial charge is 0.490 e. The highest BCUT2D eigenvalue weighted by molar-refractivity contribution is 5.61. The third-order valence-electron chi connectivity index (χ3n) is 2.67. The summed E-state index contributed by atoms with van der Waals surface area (Å²) >= 11 is 0. The second-order valence-corrected chi connectivity index (χ2v) is 3.78. The monoisotopic (exact) mass is 205 g/mol. The lowest BCUT2D eigenvalue weighted by Crippen LogP contribution is -2.28. The molecule has 0 saturated heterocycles. The molecule has 80 valence electrons. The molecule has 3 heteroatoms. The molecule has 0 fully saturated rings. The van der Waals surface area contributed by atoms with Crippen molar-refractivity contribution >= 4 is 12.0 Å². The topological polar surface area (TPSA) is 29.5 Å². The molecule has 1 aromatic rings. The average Bonchev–Trinajstić information content (AvgIpc) is 2.27. The van der Waals surface area contributed by atoms with Crippen LogP contribution in [0.15, 0.2) is 18.2 Å². The smallest absolute Gasteiger partial charge is 0.142 e. The second-order valence-electron chi connectivity index (χ2n) is 3.78. The van der Waals surface area contributed by atoms with Crippen LogP contribution in [0.3, 0.4) is 0 Å². The lowest BCUT2D eigenvalue weighted by Gasteiger charge is -2.28. The van der Waals surface area contributed by atoms with Gasteiger partial charge in [0, 0.05) is 13.5 Å². The maximum absolute atomic E-state index is 10.3. The fourth-order valence-electron chi connectivity index (χ4n) is 1.78. The first-order valence-corrected chi connectivity index (χ1v) is 5.22. The molecule has 1 aliphatic rings. The Kier molecular flexibility index (Phi) is 2.90. The van der Waals surface area contributed by atoms with Crippen LogP contribution in [0.25, 0.3) is 0 Å². The summed E-state index contributed by atoms with van der Waals surface area (Å²) in [5.41, 5.74) is 2.32. The molecule has 1 aromatic carbocycles. The molecule has 0 amide bonds. The molecule has 0 bridgehead atoms. The van der Waals surface area contributed by atoms with E-state index in [0.717, 1.165) is 37.3 Å². The van der Waals surface area contributed by atoms with Gasteiger partial charge < -0.3 is 14.4 Å². The number of likely N-dealkylation sites (N-methyl/N-ethyl adjacent to an activating group) is 1. The first kappa shape index (κ1) is 10.0. The van der Waals surface area contributed by atoms with Crippen molar-refractivity contribution in [1.29, 1.82) is 0 Å². The predicted molar refractivity (Wildman–Crippen MR) is 59.6 cm³/mol. The first-order valence-electron chi connectivity index (χ1n) is 5.22. The first-order chi connectivity index (χ1) is 7.31. The highest BCUT2D eigenvalue weighted by Crippen LogP contribution is 2.31. The fourth-order valence-corrected chi connectivity index (χ4v) is 1.78. The van der Waals surface area contributed by atoms with Gasteiger partial charge in [0.05, 0.1) is 12.2 Å². The highest BCUT2D eigenvalue weighted by atomic mass is 16.5. The van der Waals surface area contributed by atoms with Crippen LogP contribution in [-0.2, 0) is 11.2 Å². The molecular weight excluding hydrogens is 190 g/mol. The van der Waals surface area contributed by atoms with Gasteiger partial charge >= 0.3 is 0 Å². The number of carbonyl (C=O) groups is 1. The number of anilines is 1. The summed E-state index contributed by atoms with van der Waals surface area (Å²) in [5, 5.41) is 0. The highest BCUT2D eigenvalue weighted by Gasteiger charge is 2.14. The lowest BCUT2D eigenvalue weighted by molar-refractivity contribution is -0.107. The number of fused-ring (bicyclic) bond motifs is 1. The van der Waals surface area contributed by atoms with E-state index in [-0.39, 0.29) is 0 Å². The van der Waals surface area contributed by atoms with Crippen molar-refractivity contribution in [3.05, 3.63) is 23.8 Å². The Bertz CT molecular complexity index is 363. The van der Waals surface area contributed by atoms with E-state index >= 15 is 0 Å². The Balaban J connectivity index is 2.23. The van der Waals surface area contributed by atoms with Gasteiger partial charge in [-0.15, -0.1) is 0 Å². The molecule has 0 saturated carbocycles. The van der Waals surface area contributed by atoms with Gasteiger partial charge in [-0.1, -0.05) is 6.07 Å². The summed E-state index contributed by atoms with van der Waals surface area (Å²) in [6.45, 7) is 1.67. The molecule has 0 aliphatic carbocycles. The second kappa shape index (κ2) is 4.34. The van der Waals surface area contributed by atoms with Gasteiger partial charge in [-0.25, -0.2) is 0 Å². The summed E-state index contributed by atoms with van der Waals surface area (Å²) in [6, 6.07) is 6.13. The Hall–Kier alpha value is -1.51. The standard InChI is InChI=1S/C12H15NO2/c1-13-6-8-15-12-5-4-10(3-2-7-14)9-11(12)13/h4-5,7,9H,2-3,6,8H2,1H3. The summed E-state index contributed by atoms with van der Waals surface area (Å²) in [7, 11) is 2.06. The number of nitrogens with zero attached hydrogens (tertiary/aromatic N) is 1. The van der Waals surface area contributed by atoms with Crippen molar-refractivity contribution in [2.75, 3.05) is 25.1 Å². The van der Waals surface area contributed by atoms with E-state index in [1.54, 1.807) is 0 Å². The predicted octanol–water partition coefficient (Wildman–Crippen LogP) is 1.65. The third kappa shape index (κ3) is 2.12. The van der Waals surface area contributed by atoms with Gasteiger partial charge in [-0.2, -0.15) is 0 Å². The zero-order valence-corrected chi connectivity index (χ0v) is 8.90. The van der Waals surface area contributed by atoms with Gasteiger partial charge in [0.15, 0.2) is 0 Å². The van der Waals surface area contributed by atoms with Crippen LogP contribution in [0, 0.1) is 0 Å². The lowest BCUT2D eigenvalue weighted by atomic mass is 10.1. The number of aryl methyl sites for hydroxylation is 1. The minimum Gasteiger partial charge on any atom is -0.490 e. The molecule has 0 spiro atoms. The van der Waals surface area contributed by atoms with E-state index in [9.17, 15) is 4.79 Å². The minimum atomic E-state index is 0.587. The number of hydrogen-bond acceptors (Lipinski definition) is 3. The molecule has 0 N–H and O–H groups in total. The maximum atomic E-state index is 10.3. The van der Waals surface area contributed by atoms with E-state index in [0.29, 0.717) is 6.42 Å². The van der Waals surface area contributed by atoms with Crippen LogP contribution < -0.4 is 9.64 Å². The molecule has 15 heavy (non-hydrogen) atoms. The SMILES string of the molecule is CN1CCOc2ccc(CCC=O)cc21. The molecule has 3 nitrogen and oxygen atoms in total. The van der Waals surface area contributed by atoms with Crippen molar-refractivity contribution < 1.29 is 9.53 Å². The quantitative estimate of drug-likeness (QED) is 0.703. The number of rotatable bonds is 3. The van der Waals surface area contributed by atoms with Crippen molar-refractivity contribution in [2.24, 2.45) is 0 Å². The Morgan fingerprint density at radius 1 is 1.53 bits per heavy atom. The zero-order chi connectivity index (χ0) is 10.7. The van der Waals surface area contributed by atoms with E-state index < -0.39 is 0 Å². The minimum absolute atomic E-state index is 0.587. The van der Waals surface area contributed by atoms with Crippen LogP contribution >= 0.6 is 0 Å². The van der Waals surface area contributed by atoms with Crippen LogP contribution in [0.2, 0.25) is 0 Å². The van der Waals surface area contributed by atoms with E-state index in [1.807, 2.05) is 12.1 Å². The number of aldehydes is 1. The number of benzene rings is 1. The van der Waals surface area contributed by atoms with Gasteiger partial charge in [0.2, 0.25) is 0 Å². The van der Waals surface area contributed by atoms with E-state index in [4.69, 9.17) is 4.74 Å². The summed E-state index contributed by atoms with van der Waals surface area (Å²) in [4.78, 5) is 12.5. The van der Waals surface area contributed by atoms with Crippen molar-refractivity contribution in [3.8, 4) is 5.75 Å². The fraction of sp³-hybridized carbons (Fsp3) is 0.417. The Morgan fingerprint density at radius 3 is 3.20 bits per heavy atom. The molecule has 1 aliphatic heterocycles. The van der Waals surface area contributed by atoms with Gasteiger partial charge in [0.25, 0.3) is 0 Å². The van der Waals surface area contributed by atoms with E-state index in [1.165, 1.54) is 5.56 Å². The zero-order valence-electron chi connectivity index (χ0n) is 8.90. The average molecular weight is 205 g/mol. The Labute approximate surface area is 89.7 Å². The Morgan fingerprint density at radius 2 is 2.40 bits per heavy atom. The summed E-state index contributed by atoms with van der Waals surface area (Å²) < 4.78 is 5.54. The summed E-state index contributed by atoms with van der Waals surface area (Å²) in [5.74, 6) is 0.943. The van der Waals surface area contributed by atoms with Crippen LogP contribution in [0.5, 0.6) is 5.75 Å². The van der Waals surface area contributed by atoms with Crippen LogP contribution in [0.4, 0.5) is 5.69 Å². The number of hydrogen-bond donors (Lipinski definition) is 0. The number of carbonyl (C=O) groups excluding carboxylic acids is 1. The van der Waals surface area contributed by atoms with Gasteiger partial charge in [0.1, 0.15) is 18.6 Å². The van der Waals surface area contributed by atoms with Crippen molar-refractivity contribution in [1.82, 2.24) is 0 Å². The van der Waals surface area contributed by atoms with Crippen molar-refractivity contribution in [3.63, 3.8) is 0 Å². The third-order valence-corrected chi connectivity index (χ3v) is 2.67. The summed E-state index contributed by atoms with van der Waals surface area (Å²) in [6.07, 6.45) is 2.35. The molecule has 0 atom stereocenters. The molecule has 2 rings (SSSR count). The van der Waals surface area contributed by atoms with Gasteiger partial charge in [-0.05, 0) is 24.1 Å². The molecule has 0 unspecified atom stereocenters. The normalized spacial score (nSPS) is 14.3. The molecule has 1 heterocycles. The molecule has 0 aromatic heterocycles. The van der Waals surface area contributed by atoms with Crippen LogP contribution in [-0.4, -0.2) is 26.5 Å². The van der Waals surface area contributed by atoms with Gasteiger partial charge in [-0.3, -0.25) is 0 Å². The van der Waals surface area contributed by atoms with E-state index in [2.05, 4.69) is 18.0 Å². The maximum Gasteiger partial charge on any atom is 0.142 e. The van der Waals surface area contributed by atoms with Crippen molar-refractivity contribution in [2.45, 2.75) is 12.8 Å².